The maximum Gasteiger partial charge on any atom is 0.310 e. The van der Waals surface area contributed by atoms with Crippen LogP contribution in [-0.4, -0.2) is 52.6 Å². The smallest absolute Gasteiger partial charge is 0.310 e. The summed E-state index contributed by atoms with van der Waals surface area (Å²) >= 11 is 0. The summed E-state index contributed by atoms with van der Waals surface area (Å²) in [6.45, 7) is 4.61. The lowest BCUT2D eigenvalue weighted by Gasteiger charge is -2.36. The van der Waals surface area contributed by atoms with Crippen LogP contribution in [0.4, 0.5) is 5.82 Å². The lowest BCUT2D eigenvalue weighted by Crippen LogP contribution is -2.44. The van der Waals surface area contributed by atoms with Crippen LogP contribution in [0, 0.1) is 5.92 Å². The van der Waals surface area contributed by atoms with Gasteiger partial charge >= 0.3 is 11.9 Å². The summed E-state index contributed by atoms with van der Waals surface area (Å²) in [4.78, 5) is 29.8. The molecule has 8 heteroatoms. The van der Waals surface area contributed by atoms with Gasteiger partial charge in [0.25, 0.3) is 0 Å². The van der Waals surface area contributed by atoms with E-state index in [1.165, 1.54) is 70.1 Å². The molecule has 0 unspecified atom stereocenters. The number of piperidine rings is 1. The Morgan fingerprint density at radius 1 is 1.23 bits per heavy atom. The van der Waals surface area contributed by atoms with Gasteiger partial charge in [-0.3, -0.25) is 14.8 Å². The molecule has 1 aromatic rings. The first-order valence-electron chi connectivity index (χ1n) is 10.8. The van der Waals surface area contributed by atoms with Crippen LogP contribution in [0.2, 0.25) is 0 Å². The van der Waals surface area contributed by atoms with E-state index in [4.69, 9.17) is 9.94 Å². The van der Waals surface area contributed by atoms with Crippen molar-refractivity contribution in [2.45, 2.75) is 57.9 Å². The van der Waals surface area contributed by atoms with Crippen LogP contribution in [0.15, 0.2) is 24.1 Å². The van der Waals surface area contributed by atoms with Gasteiger partial charge in [-0.05, 0) is 61.9 Å². The zero-order chi connectivity index (χ0) is 21.3. The van der Waals surface area contributed by atoms with Crippen LogP contribution in [0.1, 0.15) is 57.4 Å². The highest BCUT2D eigenvalue weighted by Gasteiger charge is 2.23. The molecule has 0 bridgehead atoms. The molecule has 2 aliphatic rings. The predicted octanol–water partition coefficient (Wildman–Crippen LogP) is 2.95. The van der Waals surface area contributed by atoms with E-state index >= 15 is 0 Å². The Labute approximate surface area is 177 Å². The van der Waals surface area contributed by atoms with Gasteiger partial charge in [0.05, 0.1) is 0 Å². The van der Waals surface area contributed by atoms with E-state index < -0.39 is 11.9 Å². The number of esters is 1. The normalized spacial score (nSPS) is 21.1. The highest BCUT2D eigenvalue weighted by molar-refractivity contribution is 5.97. The molecule has 0 radical (unpaired) electrons. The number of carbonyl (C=O) groups is 2. The molecule has 0 spiro atoms. The molecule has 1 atom stereocenters. The fourth-order valence-electron chi connectivity index (χ4n) is 4.36. The van der Waals surface area contributed by atoms with Gasteiger partial charge < -0.3 is 15.0 Å². The van der Waals surface area contributed by atoms with Gasteiger partial charge in [-0.25, -0.2) is 10.5 Å². The summed E-state index contributed by atoms with van der Waals surface area (Å²) in [6, 6.07) is 3.99. The maximum absolute atomic E-state index is 11.6. The van der Waals surface area contributed by atoms with E-state index in [1.807, 2.05) is 6.07 Å². The molecular formula is C22H32N4O4. The van der Waals surface area contributed by atoms with Crippen LogP contribution in [0.5, 0.6) is 0 Å². The van der Waals surface area contributed by atoms with Crippen molar-refractivity contribution in [3.63, 3.8) is 0 Å². The minimum Gasteiger partial charge on any atom is -0.421 e. The van der Waals surface area contributed by atoms with Crippen molar-refractivity contribution in [1.29, 1.82) is 0 Å². The number of amides is 1. The summed E-state index contributed by atoms with van der Waals surface area (Å²) in [5.41, 5.74) is 2.05. The van der Waals surface area contributed by atoms with Gasteiger partial charge in [0.15, 0.2) is 5.76 Å². The number of pyridine rings is 1. The topological polar surface area (TPSA) is 104 Å². The fourth-order valence-corrected chi connectivity index (χ4v) is 4.36. The van der Waals surface area contributed by atoms with Gasteiger partial charge in [-0.2, -0.15) is 0 Å². The first kappa shape index (κ1) is 22.2. The Morgan fingerprint density at radius 2 is 2.03 bits per heavy atom. The largest absolute Gasteiger partial charge is 0.421 e. The second-order valence-corrected chi connectivity index (χ2v) is 8.27. The quantitative estimate of drug-likeness (QED) is 0.206. The number of nitrogens with zero attached hydrogens (tertiary/aromatic N) is 2. The fraction of sp³-hybridized carbons (Fsp3) is 0.591. The number of hydrogen-bond acceptors (Lipinski definition) is 7. The van der Waals surface area contributed by atoms with E-state index in [0.29, 0.717) is 11.6 Å². The number of ether oxygens (including phenoxy) is 1. The summed E-state index contributed by atoms with van der Waals surface area (Å²) in [5, 5.41) is 12.3. The molecule has 2 fully saturated rings. The minimum absolute atomic E-state index is 0.293. The number of hydroxylamine groups is 1. The second-order valence-electron chi connectivity index (χ2n) is 8.27. The molecule has 1 saturated heterocycles. The third kappa shape index (κ3) is 6.81. The highest BCUT2D eigenvalue weighted by Crippen LogP contribution is 2.26. The maximum atomic E-state index is 11.6. The molecule has 8 nitrogen and oxygen atoms in total. The standard InChI is InChI=1S/C22H32N4O4/c1-16(27)30-20(22(28)25-29)12-18-9-10-21(23-13-18)24-19-8-5-11-26(15-19)14-17-6-3-2-4-7-17/h9-10,12-13,17,19,29H,2-8,11,14-15H2,1H3,(H,23,24)(H,25,28)/b20-12+/t19-/m1/s1. The first-order chi connectivity index (χ1) is 14.5. The summed E-state index contributed by atoms with van der Waals surface area (Å²) in [5.74, 6) is -0.210. The lowest BCUT2D eigenvalue weighted by molar-refractivity contribution is -0.142. The molecule has 1 aromatic heterocycles. The summed E-state index contributed by atoms with van der Waals surface area (Å²) < 4.78 is 4.83. The van der Waals surface area contributed by atoms with E-state index in [9.17, 15) is 9.59 Å². The average Bonchev–Trinajstić information content (AvgIpc) is 2.75. The number of aromatic nitrogens is 1. The van der Waals surface area contributed by atoms with Crippen molar-refractivity contribution in [3.8, 4) is 0 Å². The van der Waals surface area contributed by atoms with Gasteiger partial charge in [0.2, 0.25) is 0 Å². The number of carbonyl (C=O) groups excluding carboxylic acids is 2. The van der Waals surface area contributed by atoms with Crippen LogP contribution >= 0.6 is 0 Å². The van der Waals surface area contributed by atoms with E-state index in [-0.39, 0.29) is 5.76 Å². The number of rotatable bonds is 7. The van der Waals surface area contributed by atoms with Gasteiger partial charge in [-0.1, -0.05) is 19.3 Å². The summed E-state index contributed by atoms with van der Waals surface area (Å²) in [7, 11) is 0. The van der Waals surface area contributed by atoms with Crippen molar-refractivity contribution in [2.75, 3.05) is 25.0 Å². The van der Waals surface area contributed by atoms with Crippen LogP contribution in [0.25, 0.3) is 6.08 Å². The minimum atomic E-state index is -0.896. The van der Waals surface area contributed by atoms with Crippen molar-refractivity contribution in [2.24, 2.45) is 5.92 Å². The van der Waals surface area contributed by atoms with Gasteiger partial charge in [-0.15, -0.1) is 0 Å². The van der Waals surface area contributed by atoms with E-state index in [1.54, 1.807) is 12.3 Å². The van der Waals surface area contributed by atoms with Crippen LogP contribution in [0.3, 0.4) is 0 Å². The van der Waals surface area contributed by atoms with Crippen molar-refractivity contribution >= 4 is 23.8 Å². The number of anilines is 1. The first-order valence-corrected chi connectivity index (χ1v) is 10.8. The van der Waals surface area contributed by atoms with E-state index in [2.05, 4.69) is 15.2 Å². The molecule has 30 heavy (non-hydrogen) atoms. The molecule has 0 aromatic carbocycles. The molecule has 1 aliphatic carbocycles. The SMILES string of the molecule is CC(=O)O/C(=C/c1ccc(N[C@@H]2CCCN(CC3CCCCC3)C2)nc1)C(=O)NO. The van der Waals surface area contributed by atoms with Crippen molar-refractivity contribution in [1.82, 2.24) is 15.4 Å². The molecule has 3 rings (SSSR count). The van der Waals surface area contributed by atoms with E-state index in [0.717, 1.165) is 24.7 Å². The third-order valence-electron chi connectivity index (χ3n) is 5.76. The Morgan fingerprint density at radius 3 is 2.70 bits per heavy atom. The molecular weight excluding hydrogens is 384 g/mol. The van der Waals surface area contributed by atoms with Gasteiger partial charge in [0.1, 0.15) is 5.82 Å². The molecule has 164 valence electrons. The molecule has 1 saturated carbocycles. The number of hydrogen-bond donors (Lipinski definition) is 3. The zero-order valence-corrected chi connectivity index (χ0v) is 17.6. The molecule has 2 heterocycles. The second kappa shape index (κ2) is 11.1. The van der Waals surface area contributed by atoms with Crippen LogP contribution < -0.4 is 10.8 Å². The molecule has 1 amide bonds. The number of nitrogens with one attached hydrogen (secondary N) is 2. The average molecular weight is 417 g/mol. The lowest BCUT2D eigenvalue weighted by atomic mass is 9.88. The Hall–Kier alpha value is -2.45. The van der Waals surface area contributed by atoms with Gasteiger partial charge in [0, 0.05) is 32.3 Å². The van der Waals surface area contributed by atoms with Crippen LogP contribution in [-0.2, 0) is 14.3 Å². The predicted molar refractivity (Wildman–Crippen MR) is 114 cm³/mol. The summed E-state index contributed by atoms with van der Waals surface area (Å²) in [6.07, 6.45) is 12.2. The Bertz CT molecular complexity index is 744. The monoisotopic (exact) mass is 416 g/mol. The Balaban J connectivity index is 1.56. The highest BCUT2D eigenvalue weighted by atomic mass is 16.5. The Kier molecular flexibility index (Phi) is 8.21. The molecule has 3 N–H and O–H groups in total. The van der Waals surface area contributed by atoms with Crippen molar-refractivity contribution in [3.05, 3.63) is 29.7 Å². The van der Waals surface area contributed by atoms with Crippen molar-refractivity contribution < 1.29 is 19.5 Å². The molecule has 1 aliphatic heterocycles. The number of likely N-dealkylation sites (tertiary alicyclic amines) is 1. The zero-order valence-electron chi connectivity index (χ0n) is 17.6. The third-order valence-corrected chi connectivity index (χ3v) is 5.76.